The van der Waals surface area contributed by atoms with Crippen LogP contribution >= 0.6 is 23.2 Å². The number of halogens is 2. The highest BCUT2D eigenvalue weighted by atomic mass is 35.5. The number of aryl methyl sites for hydroxylation is 1. The molecule has 0 unspecified atom stereocenters. The molecule has 2 rings (SSSR count). The average Bonchev–Trinajstić information content (AvgIpc) is 2.53. The highest BCUT2D eigenvalue weighted by Gasteiger charge is 2.16. The number of carbonyl (C=O) groups excluding carboxylic acids is 1. The van der Waals surface area contributed by atoms with Gasteiger partial charge in [0.1, 0.15) is 19.0 Å². The Bertz CT molecular complexity index is 736. The van der Waals surface area contributed by atoms with E-state index in [2.05, 4.69) is 4.98 Å². The fraction of sp³-hybridized carbons (Fsp3) is 0.294. The van der Waals surface area contributed by atoms with Crippen LogP contribution in [0.15, 0.2) is 30.3 Å². The molecule has 0 radical (unpaired) electrons. The minimum atomic E-state index is -0.213. The molecule has 1 amide bonds. The van der Waals surface area contributed by atoms with Crippen molar-refractivity contribution in [1.82, 2.24) is 9.88 Å². The molecule has 0 fully saturated rings. The zero-order valence-corrected chi connectivity index (χ0v) is 15.2. The van der Waals surface area contributed by atoms with Gasteiger partial charge in [0.2, 0.25) is 0 Å². The summed E-state index contributed by atoms with van der Waals surface area (Å²) in [7, 11) is 3.34. The van der Waals surface area contributed by atoms with Crippen LogP contribution in [0.1, 0.15) is 16.2 Å². The first-order valence-corrected chi connectivity index (χ1v) is 8.04. The Balaban J connectivity index is 1.98. The maximum atomic E-state index is 12.2. The third kappa shape index (κ3) is 4.76. The number of hydrogen-bond donors (Lipinski definition) is 0. The number of amides is 1. The van der Waals surface area contributed by atoms with E-state index in [-0.39, 0.29) is 24.8 Å². The van der Waals surface area contributed by atoms with E-state index < -0.39 is 0 Å². The number of rotatable bonds is 6. The lowest BCUT2D eigenvalue weighted by atomic mass is 10.2. The van der Waals surface area contributed by atoms with E-state index >= 15 is 0 Å². The molecule has 0 aliphatic carbocycles. The second-order valence-electron chi connectivity index (χ2n) is 5.27. The lowest BCUT2D eigenvalue weighted by Crippen LogP contribution is -2.24. The summed E-state index contributed by atoms with van der Waals surface area (Å²) in [6.07, 6.45) is 0. The quantitative estimate of drug-likeness (QED) is 0.726. The molecule has 2 aromatic rings. The summed E-state index contributed by atoms with van der Waals surface area (Å²) < 4.78 is 11.2. The summed E-state index contributed by atoms with van der Waals surface area (Å²) in [6, 6.07) is 8.52. The van der Waals surface area contributed by atoms with Crippen molar-refractivity contribution in [3.63, 3.8) is 0 Å². The molecule has 1 aromatic heterocycles. The van der Waals surface area contributed by atoms with Gasteiger partial charge in [-0.15, -0.1) is 0 Å². The number of hydrogen-bond acceptors (Lipinski definition) is 4. The van der Waals surface area contributed by atoms with Gasteiger partial charge in [0.05, 0.1) is 5.02 Å². The average molecular weight is 369 g/mol. The zero-order valence-electron chi connectivity index (χ0n) is 13.7. The molecule has 0 N–H and O–H groups in total. The molecule has 1 aromatic carbocycles. The van der Waals surface area contributed by atoms with Gasteiger partial charge in [-0.1, -0.05) is 23.2 Å². The first-order valence-electron chi connectivity index (χ1n) is 7.28. The van der Waals surface area contributed by atoms with E-state index in [0.717, 1.165) is 5.69 Å². The monoisotopic (exact) mass is 368 g/mol. The molecule has 0 saturated heterocycles. The summed E-state index contributed by atoms with van der Waals surface area (Å²) in [6.45, 7) is 2.34. The third-order valence-corrected chi connectivity index (χ3v) is 3.63. The predicted octanol–water partition coefficient (Wildman–Crippen LogP) is 3.86. The van der Waals surface area contributed by atoms with Crippen molar-refractivity contribution in [1.29, 1.82) is 0 Å². The second kappa shape index (κ2) is 8.22. The first-order chi connectivity index (χ1) is 11.4. The Morgan fingerprint density at radius 2 is 1.71 bits per heavy atom. The Morgan fingerprint density at radius 1 is 1.08 bits per heavy atom. The maximum absolute atomic E-state index is 12.2. The van der Waals surface area contributed by atoms with Crippen molar-refractivity contribution in [3.8, 4) is 11.5 Å². The van der Waals surface area contributed by atoms with Crippen molar-refractivity contribution < 1.29 is 14.3 Å². The van der Waals surface area contributed by atoms with E-state index in [0.29, 0.717) is 21.5 Å². The van der Waals surface area contributed by atoms with Crippen molar-refractivity contribution in [2.75, 3.05) is 27.3 Å². The van der Waals surface area contributed by atoms with Gasteiger partial charge in [0.25, 0.3) is 5.91 Å². The van der Waals surface area contributed by atoms with Crippen LogP contribution in [-0.4, -0.2) is 43.1 Å². The number of aromatic nitrogens is 1. The summed E-state index contributed by atoms with van der Waals surface area (Å²) >= 11 is 11.9. The van der Waals surface area contributed by atoms with Crippen molar-refractivity contribution in [3.05, 3.63) is 51.8 Å². The minimum Gasteiger partial charge on any atom is -0.488 e. The SMILES string of the molecule is Cc1ccc(OCCOc2ccc(Cl)cc2Cl)c(C(=O)N(C)C)n1. The lowest BCUT2D eigenvalue weighted by molar-refractivity contribution is 0.0815. The van der Waals surface area contributed by atoms with E-state index in [1.807, 2.05) is 6.92 Å². The molecule has 0 spiro atoms. The van der Waals surface area contributed by atoms with Crippen molar-refractivity contribution >= 4 is 29.1 Å². The van der Waals surface area contributed by atoms with Gasteiger partial charge in [-0.2, -0.15) is 0 Å². The van der Waals surface area contributed by atoms with E-state index in [1.54, 1.807) is 44.4 Å². The molecular formula is C17H18Cl2N2O3. The molecule has 1 heterocycles. The van der Waals surface area contributed by atoms with Crippen LogP contribution in [0.25, 0.3) is 0 Å². The van der Waals surface area contributed by atoms with Gasteiger partial charge in [-0.05, 0) is 37.3 Å². The predicted molar refractivity (Wildman–Crippen MR) is 94.4 cm³/mol. The lowest BCUT2D eigenvalue weighted by Gasteiger charge is -2.15. The fourth-order valence-corrected chi connectivity index (χ4v) is 2.38. The van der Waals surface area contributed by atoms with Gasteiger partial charge < -0.3 is 14.4 Å². The maximum Gasteiger partial charge on any atom is 0.275 e. The van der Waals surface area contributed by atoms with Gasteiger partial charge >= 0.3 is 0 Å². The number of benzene rings is 1. The van der Waals surface area contributed by atoms with Gasteiger partial charge in [-0.3, -0.25) is 4.79 Å². The smallest absolute Gasteiger partial charge is 0.275 e. The van der Waals surface area contributed by atoms with E-state index in [1.165, 1.54) is 4.90 Å². The van der Waals surface area contributed by atoms with Crippen LogP contribution in [0.3, 0.4) is 0 Å². The highest BCUT2D eigenvalue weighted by molar-refractivity contribution is 6.35. The molecule has 0 atom stereocenters. The Morgan fingerprint density at radius 3 is 2.33 bits per heavy atom. The molecule has 128 valence electrons. The topological polar surface area (TPSA) is 51.7 Å². The van der Waals surface area contributed by atoms with Gasteiger partial charge in [0, 0.05) is 24.8 Å². The van der Waals surface area contributed by atoms with Gasteiger partial charge in [0.15, 0.2) is 11.4 Å². The molecular weight excluding hydrogens is 351 g/mol. The van der Waals surface area contributed by atoms with Crippen molar-refractivity contribution in [2.45, 2.75) is 6.92 Å². The van der Waals surface area contributed by atoms with E-state index in [4.69, 9.17) is 32.7 Å². The van der Waals surface area contributed by atoms with Crippen LogP contribution in [0.5, 0.6) is 11.5 Å². The zero-order chi connectivity index (χ0) is 17.7. The normalized spacial score (nSPS) is 10.4. The summed E-state index contributed by atoms with van der Waals surface area (Å²) in [4.78, 5) is 17.9. The Kier molecular flexibility index (Phi) is 6.29. The van der Waals surface area contributed by atoms with Gasteiger partial charge in [-0.25, -0.2) is 4.98 Å². The number of nitrogens with zero attached hydrogens (tertiary/aromatic N) is 2. The highest BCUT2D eigenvalue weighted by Crippen LogP contribution is 2.27. The molecule has 24 heavy (non-hydrogen) atoms. The van der Waals surface area contributed by atoms with Crippen molar-refractivity contribution in [2.24, 2.45) is 0 Å². The molecule has 0 aliphatic heterocycles. The molecule has 5 nitrogen and oxygen atoms in total. The minimum absolute atomic E-state index is 0.213. The third-order valence-electron chi connectivity index (χ3n) is 3.10. The molecule has 0 saturated carbocycles. The van der Waals surface area contributed by atoms with Crippen LogP contribution in [0.2, 0.25) is 10.0 Å². The van der Waals surface area contributed by atoms with Crippen LogP contribution in [0.4, 0.5) is 0 Å². The number of pyridine rings is 1. The molecule has 7 heteroatoms. The second-order valence-corrected chi connectivity index (χ2v) is 6.11. The van der Waals surface area contributed by atoms with E-state index in [9.17, 15) is 4.79 Å². The standard InChI is InChI=1S/C17H18Cl2N2O3/c1-11-4-6-15(16(20-11)17(22)21(2)3)24-9-8-23-14-7-5-12(18)10-13(14)19/h4-7,10H,8-9H2,1-3H3. The molecule has 0 bridgehead atoms. The first kappa shape index (κ1) is 18.4. The fourth-order valence-electron chi connectivity index (χ4n) is 1.92. The molecule has 0 aliphatic rings. The summed E-state index contributed by atoms with van der Waals surface area (Å²) in [5.74, 6) is 0.733. The number of ether oxygens (including phenoxy) is 2. The largest absolute Gasteiger partial charge is 0.488 e. The summed E-state index contributed by atoms with van der Waals surface area (Å²) in [5, 5.41) is 0.976. The van der Waals surface area contributed by atoms with Crippen LogP contribution in [-0.2, 0) is 0 Å². The number of carbonyl (C=O) groups is 1. The Labute approximate surface area is 151 Å². The van der Waals surface area contributed by atoms with Crippen LogP contribution < -0.4 is 9.47 Å². The van der Waals surface area contributed by atoms with Crippen LogP contribution in [0, 0.1) is 6.92 Å². The Hall–Kier alpha value is -1.98. The summed E-state index contributed by atoms with van der Waals surface area (Å²) in [5.41, 5.74) is 1.03.